The van der Waals surface area contributed by atoms with E-state index < -0.39 is 5.92 Å². The third-order valence-electron chi connectivity index (χ3n) is 5.64. The fourth-order valence-electron chi connectivity index (χ4n) is 3.54. The van der Waals surface area contributed by atoms with Crippen LogP contribution in [0.25, 0.3) is 0 Å². The molecule has 1 saturated carbocycles. The van der Waals surface area contributed by atoms with Crippen LogP contribution in [-0.4, -0.2) is 30.3 Å². The molecule has 1 atom stereocenters. The molecule has 0 aromatic heterocycles. The number of anilines is 2. The SMILES string of the molecule is Cc1ccc(N2C[C@H](C(=O)Nc3ccccc3C(=O)NC3CC3)CC2=O)cc1C. The molecule has 0 bridgehead atoms. The fraction of sp³-hybridized carbons (Fsp3) is 0.348. The van der Waals surface area contributed by atoms with Crippen LogP contribution in [0.3, 0.4) is 0 Å². The van der Waals surface area contributed by atoms with Crippen molar-refractivity contribution in [3.63, 3.8) is 0 Å². The van der Waals surface area contributed by atoms with E-state index in [0.29, 0.717) is 17.8 Å². The average molecular weight is 391 g/mol. The third-order valence-corrected chi connectivity index (χ3v) is 5.64. The first-order valence-corrected chi connectivity index (χ1v) is 10.0. The number of hydrogen-bond donors (Lipinski definition) is 2. The molecule has 2 fully saturated rings. The molecular weight excluding hydrogens is 366 g/mol. The standard InChI is InChI=1S/C23H25N3O3/c1-14-7-10-18(11-15(14)2)26-13-16(12-21(26)27)22(28)25-20-6-4-3-5-19(20)23(29)24-17-8-9-17/h3-7,10-11,16-17H,8-9,12-13H2,1-2H3,(H,24,29)(H,25,28)/t16-/m1/s1. The van der Waals surface area contributed by atoms with Crippen LogP contribution in [-0.2, 0) is 9.59 Å². The van der Waals surface area contributed by atoms with Crippen molar-refractivity contribution >= 4 is 29.1 Å². The Hall–Kier alpha value is -3.15. The highest BCUT2D eigenvalue weighted by atomic mass is 16.2. The van der Waals surface area contributed by atoms with Gasteiger partial charge in [-0.05, 0) is 62.1 Å². The van der Waals surface area contributed by atoms with Crippen molar-refractivity contribution in [1.82, 2.24) is 5.32 Å². The molecule has 1 aliphatic carbocycles. The van der Waals surface area contributed by atoms with Gasteiger partial charge in [-0.1, -0.05) is 18.2 Å². The van der Waals surface area contributed by atoms with Gasteiger partial charge in [0.25, 0.3) is 5.91 Å². The van der Waals surface area contributed by atoms with Gasteiger partial charge in [-0.3, -0.25) is 14.4 Å². The number of nitrogens with zero attached hydrogens (tertiary/aromatic N) is 1. The summed E-state index contributed by atoms with van der Waals surface area (Å²) in [6.07, 6.45) is 2.16. The van der Waals surface area contributed by atoms with Gasteiger partial charge < -0.3 is 15.5 Å². The summed E-state index contributed by atoms with van der Waals surface area (Å²) >= 11 is 0. The van der Waals surface area contributed by atoms with E-state index in [1.54, 1.807) is 29.2 Å². The topological polar surface area (TPSA) is 78.5 Å². The maximum Gasteiger partial charge on any atom is 0.253 e. The van der Waals surface area contributed by atoms with Crippen molar-refractivity contribution in [1.29, 1.82) is 0 Å². The zero-order chi connectivity index (χ0) is 20.5. The first kappa shape index (κ1) is 19.2. The number of para-hydroxylation sites is 1. The molecule has 6 nitrogen and oxygen atoms in total. The predicted molar refractivity (Wildman–Crippen MR) is 112 cm³/mol. The number of amides is 3. The van der Waals surface area contributed by atoms with Crippen LogP contribution in [0.1, 0.15) is 40.7 Å². The summed E-state index contributed by atoms with van der Waals surface area (Å²) in [4.78, 5) is 39.5. The molecule has 2 aromatic carbocycles. The molecule has 0 unspecified atom stereocenters. The van der Waals surface area contributed by atoms with Gasteiger partial charge in [0.05, 0.1) is 17.2 Å². The van der Waals surface area contributed by atoms with E-state index in [0.717, 1.165) is 29.7 Å². The van der Waals surface area contributed by atoms with Crippen molar-refractivity contribution in [3.8, 4) is 0 Å². The van der Waals surface area contributed by atoms with Gasteiger partial charge in [0, 0.05) is 24.7 Å². The summed E-state index contributed by atoms with van der Waals surface area (Å²) in [7, 11) is 0. The molecule has 2 aliphatic rings. The lowest BCUT2D eigenvalue weighted by Gasteiger charge is -2.18. The predicted octanol–water partition coefficient (Wildman–Crippen LogP) is 3.19. The lowest BCUT2D eigenvalue weighted by molar-refractivity contribution is -0.122. The van der Waals surface area contributed by atoms with Crippen LogP contribution in [0.5, 0.6) is 0 Å². The number of nitrogens with one attached hydrogen (secondary N) is 2. The quantitative estimate of drug-likeness (QED) is 0.822. The maximum absolute atomic E-state index is 12.8. The van der Waals surface area contributed by atoms with Crippen LogP contribution in [0, 0.1) is 19.8 Å². The van der Waals surface area contributed by atoms with Gasteiger partial charge in [0.1, 0.15) is 0 Å². The largest absolute Gasteiger partial charge is 0.349 e. The zero-order valence-corrected chi connectivity index (χ0v) is 16.7. The summed E-state index contributed by atoms with van der Waals surface area (Å²) in [6.45, 7) is 4.37. The normalized spacial score (nSPS) is 18.6. The summed E-state index contributed by atoms with van der Waals surface area (Å²) < 4.78 is 0. The second-order valence-corrected chi connectivity index (χ2v) is 7.96. The molecule has 0 spiro atoms. The first-order chi connectivity index (χ1) is 13.9. The second kappa shape index (κ2) is 7.70. The summed E-state index contributed by atoms with van der Waals surface area (Å²) in [5.41, 5.74) is 4.02. The van der Waals surface area contributed by atoms with Crippen molar-refractivity contribution in [2.75, 3.05) is 16.8 Å². The van der Waals surface area contributed by atoms with E-state index in [1.807, 2.05) is 32.0 Å². The van der Waals surface area contributed by atoms with Crippen molar-refractivity contribution in [2.45, 2.75) is 39.2 Å². The number of rotatable bonds is 5. The fourth-order valence-corrected chi connectivity index (χ4v) is 3.54. The zero-order valence-electron chi connectivity index (χ0n) is 16.7. The van der Waals surface area contributed by atoms with E-state index in [9.17, 15) is 14.4 Å². The Bertz CT molecular complexity index is 981. The van der Waals surface area contributed by atoms with Crippen molar-refractivity contribution in [2.24, 2.45) is 5.92 Å². The molecule has 1 heterocycles. The van der Waals surface area contributed by atoms with Gasteiger partial charge in [0.15, 0.2) is 0 Å². The molecule has 1 aliphatic heterocycles. The van der Waals surface area contributed by atoms with E-state index in [1.165, 1.54) is 0 Å². The molecule has 29 heavy (non-hydrogen) atoms. The lowest BCUT2D eigenvalue weighted by atomic mass is 10.1. The van der Waals surface area contributed by atoms with Crippen LogP contribution >= 0.6 is 0 Å². The Morgan fingerprint density at radius 1 is 1.03 bits per heavy atom. The number of hydrogen-bond acceptors (Lipinski definition) is 3. The monoisotopic (exact) mass is 391 g/mol. The molecule has 2 N–H and O–H groups in total. The van der Waals surface area contributed by atoms with Crippen LogP contribution in [0.2, 0.25) is 0 Å². The Kier molecular flexibility index (Phi) is 5.09. The molecule has 3 amide bonds. The smallest absolute Gasteiger partial charge is 0.253 e. The third kappa shape index (κ3) is 4.16. The van der Waals surface area contributed by atoms with Crippen molar-refractivity contribution in [3.05, 3.63) is 59.2 Å². The minimum atomic E-state index is -0.455. The molecular formula is C23H25N3O3. The number of benzene rings is 2. The van der Waals surface area contributed by atoms with Gasteiger partial charge in [-0.25, -0.2) is 0 Å². The molecule has 2 aromatic rings. The highest BCUT2D eigenvalue weighted by Crippen LogP contribution is 2.28. The summed E-state index contributed by atoms with van der Waals surface area (Å²) in [5.74, 6) is -0.934. The van der Waals surface area contributed by atoms with E-state index in [-0.39, 0.29) is 30.2 Å². The molecule has 6 heteroatoms. The van der Waals surface area contributed by atoms with Gasteiger partial charge in [0.2, 0.25) is 11.8 Å². The number of aryl methyl sites for hydroxylation is 2. The van der Waals surface area contributed by atoms with Crippen LogP contribution in [0.4, 0.5) is 11.4 Å². The van der Waals surface area contributed by atoms with E-state index in [2.05, 4.69) is 10.6 Å². The van der Waals surface area contributed by atoms with E-state index >= 15 is 0 Å². The molecule has 0 radical (unpaired) electrons. The summed E-state index contributed by atoms with van der Waals surface area (Å²) in [5, 5.41) is 5.81. The minimum Gasteiger partial charge on any atom is -0.349 e. The average Bonchev–Trinajstić information content (AvgIpc) is 3.43. The minimum absolute atomic E-state index is 0.0619. The first-order valence-electron chi connectivity index (χ1n) is 10.0. The maximum atomic E-state index is 12.8. The Balaban J connectivity index is 1.46. The van der Waals surface area contributed by atoms with Gasteiger partial charge in [-0.15, -0.1) is 0 Å². The van der Waals surface area contributed by atoms with Crippen LogP contribution < -0.4 is 15.5 Å². The highest BCUT2D eigenvalue weighted by molar-refractivity contribution is 6.07. The van der Waals surface area contributed by atoms with Crippen molar-refractivity contribution < 1.29 is 14.4 Å². The number of carbonyl (C=O) groups excluding carboxylic acids is 3. The van der Waals surface area contributed by atoms with Crippen LogP contribution in [0.15, 0.2) is 42.5 Å². The number of carbonyl (C=O) groups is 3. The van der Waals surface area contributed by atoms with Gasteiger partial charge in [-0.2, -0.15) is 0 Å². The Morgan fingerprint density at radius 3 is 2.52 bits per heavy atom. The Labute approximate surface area is 170 Å². The molecule has 4 rings (SSSR count). The second-order valence-electron chi connectivity index (χ2n) is 7.96. The molecule has 1 saturated heterocycles. The van der Waals surface area contributed by atoms with E-state index in [4.69, 9.17) is 0 Å². The Morgan fingerprint density at radius 2 is 1.79 bits per heavy atom. The van der Waals surface area contributed by atoms with Gasteiger partial charge >= 0.3 is 0 Å². The highest BCUT2D eigenvalue weighted by Gasteiger charge is 2.35. The summed E-state index contributed by atoms with van der Waals surface area (Å²) in [6, 6.07) is 13.1. The lowest BCUT2D eigenvalue weighted by Crippen LogP contribution is -2.30. The molecule has 150 valence electrons.